The number of nitrogens with one attached hydrogen (secondary N) is 2. The van der Waals surface area contributed by atoms with Gasteiger partial charge in [0.2, 0.25) is 5.91 Å². The first-order valence-electron chi connectivity index (χ1n) is 7.19. The summed E-state index contributed by atoms with van der Waals surface area (Å²) in [6.07, 6.45) is 6.71. The fourth-order valence-electron chi connectivity index (χ4n) is 2.32. The summed E-state index contributed by atoms with van der Waals surface area (Å²) < 4.78 is 0. The number of rotatable bonds is 7. The first-order valence-corrected chi connectivity index (χ1v) is 8.00. The van der Waals surface area contributed by atoms with E-state index in [1.807, 2.05) is 6.20 Å². The Labute approximate surface area is 143 Å². The Bertz CT molecular complexity index is 409. The molecule has 1 aromatic rings. The highest BCUT2D eigenvalue weighted by Gasteiger charge is 2.15. The third kappa shape index (κ3) is 7.45. The Balaban J connectivity index is 0.00000200. The maximum atomic E-state index is 11.7. The number of carbonyl (C=O) groups excluding carboxylic acids is 1. The first kappa shape index (κ1) is 20.6. The van der Waals surface area contributed by atoms with Crippen molar-refractivity contribution >= 4 is 42.1 Å². The molecule has 7 heteroatoms. The molecule has 1 aliphatic heterocycles. The molecule has 1 unspecified atom stereocenters. The van der Waals surface area contributed by atoms with Gasteiger partial charge < -0.3 is 10.6 Å². The van der Waals surface area contributed by atoms with Crippen LogP contribution in [0.25, 0.3) is 0 Å². The highest BCUT2D eigenvalue weighted by atomic mass is 35.5. The van der Waals surface area contributed by atoms with E-state index in [1.54, 1.807) is 11.3 Å². The van der Waals surface area contributed by atoms with Gasteiger partial charge in [0, 0.05) is 30.5 Å². The number of amides is 1. The van der Waals surface area contributed by atoms with Crippen molar-refractivity contribution in [2.75, 3.05) is 19.6 Å². The summed E-state index contributed by atoms with van der Waals surface area (Å²) in [7, 11) is 0. The summed E-state index contributed by atoms with van der Waals surface area (Å²) >= 11 is 1.75. The maximum Gasteiger partial charge on any atom is 0.220 e. The summed E-state index contributed by atoms with van der Waals surface area (Å²) in [6, 6.07) is 0. The van der Waals surface area contributed by atoms with E-state index >= 15 is 0 Å². The molecular formula is C14H25Cl2N3OS. The fraction of sp³-hybridized carbons (Fsp3) is 0.714. The summed E-state index contributed by atoms with van der Waals surface area (Å²) in [6.45, 7) is 5.03. The molecule has 1 saturated heterocycles. The van der Waals surface area contributed by atoms with Gasteiger partial charge in [0.15, 0.2) is 0 Å². The van der Waals surface area contributed by atoms with Crippen LogP contribution < -0.4 is 10.6 Å². The molecule has 1 aliphatic rings. The molecule has 1 amide bonds. The van der Waals surface area contributed by atoms with Crippen molar-refractivity contribution in [1.82, 2.24) is 15.6 Å². The smallest absolute Gasteiger partial charge is 0.220 e. The second kappa shape index (κ2) is 11.2. The molecule has 1 aromatic heterocycles. The van der Waals surface area contributed by atoms with Gasteiger partial charge in [-0.1, -0.05) is 6.92 Å². The topological polar surface area (TPSA) is 54.0 Å². The van der Waals surface area contributed by atoms with Crippen molar-refractivity contribution in [1.29, 1.82) is 0 Å². The predicted octanol–water partition coefficient (Wildman–Crippen LogP) is 2.60. The van der Waals surface area contributed by atoms with E-state index in [2.05, 4.69) is 22.5 Å². The number of hydrogen-bond donors (Lipinski definition) is 2. The number of halogens is 2. The van der Waals surface area contributed by atoms with Crippen LogP contribution in [0.15, 0.2) is 6.20 Å². The normalized spacial score (nSPS) is 16.9. The molecular weight excluding hydrogens is 329 g/mol. The Hall–Kier alpha value is -0.360. The molecule has 1 fully saturated rings. The average Bonchev–Trinajstić information content (AvgIpc) is 3.07. The van der Waals surface area contributed by atoms with E-state index < -0.39 is 0 Å². The lowest BCUT2D eigenvalue weighted by Gasteiger charge is -2.08. The molecule has 0 spiro atoms. The number of aromatic nitrogens is 1. The second-order valence-corrected chi connectivity index (χ2v) is 6.27. The van der Waals surface area contributed by atoms with Crippen LogP contribution in [-0.4, -0.2) is 30.5 Å². The standard InChI is InChI=1S/C14H23N3OS.2ClH/c1-2-12-10-17-14(19-12)6-8-16-13(18)4-3-11-5-7-15-9-11;;/h10-11,15H,2-9H2,1H3,(H,16,18);2*1H. The van der Waals surface area contributed by atoms with Gasteiger partial charge in [-0.3, -0.25) is 4.79 Å². The predicted molar refractivity (Wildman–Crippen MR) is 92.9 cm³/mol. The average molecular weight is 354 g/mol. The minimum absolute atomic E-state index is 0. The Kier molecular flexibility index (Phi) is 11.0. The summed E-state index contributed by atoms with van der Waals surface area (Å²) in [5.74, 6) is 0.871. The highest BCUT2D eigenvalue weighted by Crippen LogP contribution is 2.14. The van der Waals surface area contributed by atoms with Crippen LogP contribution in [0.2, 0.25) is 0 Å². The highest BCUT2D eigenvalue weighted by molar-refractivity contribution is 7.11. The molecule has 0 bridgehead atoms. The van der Waals surface area contributed by atoms with Crippen molar-refractivity contribution in [3.8, 4) is 0 Å². The molecule has 2 rings (SSSR count). The van der Waals surface area contributed by atoms with E-state index in [1.165, 1.54) is 11.3 Å². The molecule has 4 nitrogen and oxygen atoms in total. The van der Waals surface area contributed by atoms with Crippen molar-refractivity contribution in [3.05, 3.63) is 16.1 Å². The van der Waals surface area contributed by atoms with Gasteiger partial charge >= 0.3 is 0 Å². The Morgan fingerprint density at radius 1 is 1.52 bits per heavy atom. The fourth-order valence-corrected chi connectivity index (χ4v) is 3.18. The van der Waals surface area contributed by atoms with Crippen molar-refractivity contribution in [2.45, 2.75) is 39.0 Å². The number of thiazole rings is 1. The zero-order valence-electron chi connectivity index (χ0n) is 12.4. The van der Waals surface area contributed by atoms with E-state index in [-0.39, 0.29) is 30.7 Å². The largest absolute Gasteiger partial charge is 0.356 e. The van der Waals surface area contributed by atoms with Gasteiger partial charge in [0.25, 0.3) is 0 Å². The van der Waals surface area contributed by atoms with Gasteiger partial charge in [-0.15, -0.1) is 36.2 Å². The molecule has 2 N–H and O–H groups in total. The van der Waals surface area contributed by atoms with Gasteiger partial charge in [-0.25, -0.2) is 4.98 Å². The lowest BCUT2D eigenvalue weighted by molar-refractivity contribution is -0.121. The molecule has 2 heterocycles. The quantitative estimate of drug-likeness (QED) is 0.791. The molecule has 21 heavy (non-hydrogen) atoms. The Morgan fingerprint density at radius 2 is 2.33 bits per heavy atom. The van der Waals surface area contributed by atoms with Gasteiger partial charge in [-0.05, 0) is 38.3 Å². The van der Waals surface area contributed by atoms with Gasteiger partial charge in [-0.2, -0.15) is 0 Å². The molecule has 0 radical (unpaired) electrons. The zero-order chi connectivity index (χ0) is 13.5. The van der Waals surface area contributed by atoms with Crippen LogP contribution in [0, 0.1) is 5.92 Å². The SMILES string of the molecule is CCc1cnc(CCNC(=O)CCC2CCNC2)s1.Cl.Cl. The molecule has 1 atom stereocenters. The van der Waals surface area contributed by atoms with Crippen molar-refractivity contribution in [2.24, 2.45) is 5.92 Å². The minimum atomic E-state index is 0. The third-order valence-electron chi connectivity index (χ3n) is 3.55. The molecule has 0 saturated carbocycles. The minimum Gasteiger partial charge on any atom is -0.356 e. The van der Waals surface area contributed by atoms with Gasteiger partial charge in [0.1, 0.15) is 0 Å². The lowest BCUT2D eigenvalue weighted by atomic mass is 10.0. The second-order valence-electron chi connectivity index (χ2n) is 5.07. The zero-order valence-corrected chi connectivity index (χ0v) is 14.8. The number of carbonyl (C=O) groups is 1. The monoisotopic (exact) mass is 353 g/mol. The lowest BCUT2D eigenvalue weighted by Crippen LogP contribution is -2.26. The van der Waals surface area contributed by atoms with Crippen molar-refractivity contribution < 1.29 is 4.79 Å². The van der Waals surface area contributed by atoms with E-state index in [0.29, 0.717) is 18.9 Å². The third-order valence-corrected chi connectivity index (χ3v) is 4.75. The maximum absolute atomic E-state index is 11.7. The molecule has 122 valence electrons. The first-order chi connectivity index (χ1) is 9.28. The summed E-state index contributed by atoms with van der Waals surface area (Å²) in [5.41, 5.74) is 0. The van der Waals surface area contributed by atoms with Crippen LogP contribution in [0.4, 0.5) is 0 Å². The van der Waals surface area contributed by atoms with E-state index in [0.717, 1.165) is 37.4 Å². The summed E-state index contributed by atoms with van der Waals surface area (Å²) in [5, 5.41) is 7.44. The number of aryl methyl sites for hydroxylation is 1. The van der Waals surface area contributed by atoms with E-state index in [9.17, 15) is 4.79 Å². The number of hydrogen-bond acceptors (Lipinski definition) is 4. The van der Waals surface area contributed by atoms with Crippen LogP contribution in [0.5, 0.6) is 0 Å². The van der Waals surface area contributed by atoms with Crippen LogP contribution in [0.3, 0.4) is 0 Å². The molecule has 0 aromatic carbocycles. The van der Waals surface area contributed by atoms with Gasteiger partial charge in [0.05, 0.1) is 5.01 Å². The van der Waals surface area contributed by atoms with Crippen LogP contribution in [-0.2, 0) is 17.6 Å². The van der Waals surface area contributed by atoms with E-state index in [4.69, 9.17) is 0 Å². The Morgan fingerprint density at radius 3 is 2.95 bits per heavy atom. The van der Waals surface area contributed by atoms with Crippen LogP contribution >= 0.6 is 36.2 Å². The van der Waals surface area contributed by atoms with Crippen LogP contribution in [0.1, 0.15) is 36.1 Å². The molecule has 0 aliphatic carbocycles. The number of nitrogens with zero attached hydrogens (tertiary/aromatic N) is 1. The van der Waals surface area contributed by atoms with Crippen molar-refractivity contribution in [3.63, 3.8) is 0 Å². The summed E-state index contributed by atoms with van der Waals surface area (Å²) in [4.78, 5) is 17.4.